The topological polar surface area (TPSA) is 58.2 Å². The quantitative estimate of drug-likeness (QED) is 0.785. The van der Waals surface area contributed by atoms with Gasteiger partial charge in [0.2, 0.25) is 0 Å². The molecule has 7 heteroatoms. The highest BCUT2D eigenvalue weighted by Gasteiger charge is 2.10. The Morgan fingerprint density at radius 3 is 1.96 bits per heavy atom. The van der Waals surface area contributed by atoms with Gasteiger partial charge in [0.05, 0.1) is 10.6 Å². The molecule has 23 heavy (non-hydrogen) atoms. The van der Waals surface area contributed by atoms with Crippen LogP contribution in [0.25, 0.3) is 0 Å². The first-order valence-electron chi connectivity index (χ1n) is 6.74. The van der Waals surface area contributed by atoms with Crippen molar-refractivity contribution in [3.63, 3.8) is 0 Å². The average molecular weight is 372 g/mol. The van der Waals surface area contributed by atoms with E-state index >= 15 is 0 Å². The number of carbonyl (C=O) groups excluding carboxylic acids is 2. The number of hydrogen-bond acceptors (Lipinski definition) is 2. The summed E-state index contributed by atoms with van der Waals surface area (Å²) in [5.41, 5.74) is 0.835. The fourth-order valence-electron chi connectivity index (χ4n) is 1.82. The lowest BCUT2D eigenvalue weighted by Crippen LogP contribution is -2.34. The molecule has 2 amide bonds. The molecule has 2 rings (SSSR count). The third-order valence-electron chi connectivity index (χ3n) is 2.98. The number of nitrogens with one attached hydrogen (secondary N) is 2. The first-order chi connectivity index (χ1) is 11.0. The van der Waals surface area contributed by atoms with Crippen molar-refractivity contribution < 1.29 is 9.59 Å². The molecule has 0 saturated heterocycles. The van der Waals surface area contributed by atoms with Crippen molar-refractivity contribution in [1.82, 2.24) is 10.6 Å². The van der Waals surface area contributed by atoms with Crippen LogP contribution < -0.4 is 10.6 Å². The van der Waals surface area contributed by atoms with Gasteiger partial charge < -0.3 is 10.6 Å². The van der Waals surface area contributed by atoms with Crippen LogP contribution in [0.5, 0.6) is 0 Å². The van der Waals surface area contributed by atoms with Crippen LogP contribution in [0.3, 0.4) is 0 Å². The Morgan fingerprint density at radius 2 is 1.35 bits per heavy atom. The minimum Gasteiger partial charge on any atom is -0.350 e. The van der Waals surface area contributed by atoms with Crippen LogP contribution in [0.15, 0.2) is 42.5 Å². The highest BCUT2D eigenvalue weighted by molar-refractivity contribution is 6.36. The zero-order valence-corrected chi connectivity index (χ0v) is 14.2. The highest BCUT2D eigenvalue weighted by atomic mass is 35.5. The van der Waals surface area contributed by atoms with Crippen molar-refractivity contribution in [3.8, 4) is 0 Å². The zero-order valence-electron chi connectivity index (χ0n) is 11.9. The van der Waals surface area contributed by atoms with Gasteiger partial charge in [0.1, 0.15) is 0 Å². The standard InChI is InChI=1S/C16H13Cl3N2O2/c17-11-3-1-10(2-4-11)15(22)20-7-8-21-16(23)13-6-5-12(18)9-14(13)19/h1-6,9H,7-8H2,(H,20,22)(H,21,23). The Balaban J connectivity index is 1.79. The smallest absolute Gasteiger partial charge is 0.252 e. The maximum atomic E-state index is 12.0. The SMILES string of the molecule is O=C(NCCNC(=O)c1ccc(Cl)cc1Cl)c1ccc(Cl)cc1. The van der Waals surface area contributed by atoms with Crippen molar-refractivity contribution in [1.29, 1.82) is 0 Å². The lowest BCUT2D eigenvalue weighted by molar-refractivity contribution is 0.0927. The van der Waals surface area contributed by atoms with Crippen LogP contribution in [0.1, 0.15) is 20.7 Å². The maximum Gasteiger partial charge on any atom is 0.252 e. The van der Waals surface area contributed by atoms with E-state index in [4.69, 9.17) is 34.8 Å². The normalized spacial score (nSPS) is 10.2. The van der Waals surface area contributed by atoms with Gasteiger partial charge in [-0.15, -0.1) is 0 Å². The first kappa shape index (κ1) is 17.6. The molecular weight excluding hydrogens is 359 g/mol. The Labute approximate surface area is 148 Å². The van der Waals surface area contributed by atoms with Gasteiger partial charge in [0, 0.05) is 28.7 Å². The summed E-state index contributed by atoms with van der Waals surface area (Å²) >= 11 is 17.5. The van der Waals surface area contributed by atoms with Crippen molar-refractivity contribution >= 4 is 46.6 Å². The summed E-state index contributed by atoms with van der Waals surface area (Å²) in [7, 11) is 0. The molecule has 0 saturated carbocycles. The lowest BCUT2D eigenvalue weighted by Gasteiger charge is -2.08. The van der Waals surface area contributed by atoms with Gasteiger partial charge in [0.15, 0.2) is 0 Å². The van der Waals surface area contributed by atoms with Gasteiger partial charge in [-0.3, -0.25) is 9.59 Å². The second kappa shape index (κ2) is 8.20. The summed E-state index contributed by atoms with van der Waals surface area (Å²) in [6, 6.07) is 11.2. The molecule has 120 valence electrons. The molecule has 0 heterocycles. The predicted octanol–water partition coefficient (Wildman–Crippen LogP) is 3.81. The number of rotatable bonds is 5. The summed E-state index contributed by atoms with van der Waals surface area (Å²) in [4.78, 5) is 23.8. The van der Waals surface area contributed by atoms with Crippen molar-refractivity contribution in [2.45, 2.75) is 0 Å². The number of carbonyl (C=O) groups is 2. The van der Waals surface area contributed by atoms with Crippen LogP contribution >= 0.6 is 34.8 Å². The fraction of sp³-hybridized carbons (Fsp3) is 0.125. The molecule has 0 bridgehead atoms. The maximum absolute atomic E-state index is 12.0. The molecule has 0 spiro atoms. The van der Waals surface area contributed by atoms with Gasteiger partial charge in [-0.05, 0) is 42.5 Å². The van der Waals surface area contributed by atoms with Gasteiger partial charge in [-0.2, -0.15) is 0 Å². The summed E-state index contributed by atoms with van der Waals surface area (Å²) in [5, 5.41) is 6.67. The van der Waals surface area contributed by atoms with Gasteiger partial charge in [-0.25, -0.2) is 0 Å². The summed E-state index contributed by atoms with van der Waals surface area (Å²) < 4.78 is 0. The van der Waals surface area contributed by atoms with E-state index in [1.165, 1.54) is 6.07 Å². The largest absolute Gasteiger partial charge is 0.350 e. The minimum absolute atomic E-state index is 0.236. The van der Waals surface area contributed by atoms with Crippen LogP contribution in [-0.2, 0) is 0 Å². The second-order valence-electron chi connectivity index (χ2n) is 4.64. The van der Waals surface area contributed by atoms with E-state index in [9.17, 15) is 9.59 Å². The van der Waals surface area contributed by atoms with Crippen molar-refractivity contribution in [2.24, 2.45) is 0 Å². The number of benzene rings is 2. The number of amides is 2. The van der Waals surface area contributed by atoms with Gasteiger partial charge in [-0.1, -0.05) is 34.8 Å². The van der Waals surface area contributed by atoms with E-state index < -0.39 is 0 Å². The minimum atomic E-state index is -0.326. The Morgan fingerprint density at radius 1 is 0.783 bits per heavy atom. The monoisotopic (exact) mass is 370 g/mol. The molecule has 0 radical (unpaired) electrons. The number of hydrogen-bond donors (Lipinski definition) is 2. The van der Waals surface area contributed by atoms with E-state index in [1.54, 1.807) is 36.4 Å². The van der Waals surface area contributed by atoms with E-state index in [-0.39, 0.29) is 23.4 Å². The fourth-order valence-corrected chi connectivity index (χ4v) is 2.44. The third-order valence-corrected chi connectivity index (χ3v) is 3.78. The molecule has 2 N–H and O–H groups in total. The molecule has 2 aromatic rings. The summed E-state index contributed by atoms with van der Waals surface area (Å²) in [6.45, 7) is 0.565. The molecule has 0 atom stereocenters. The van der Waals surface area contributed by atoms with Crippen LogP contribution in [-0.4, -0.2) is 24.9 Å². The first-order valence-corrected chi connectivity index (χ1v) is 7.88. The van der Waals surface area contributed by atoms with Gasteiger partial charge >= 0.3 is 0 Å². The van der Waals surface area contributed by atoms with Crippen LogP contribution in [0, 0.1) is 0 Å². The van der Waals surface area contributed by atoms with E-state index in [0.717, 1.165) is 0 Å². The molecule has 0 fully saturated rings. The summed E-state index contributed by atoms with van der Waals surface area (Å²) in [5.74, 6) is -0.562. The zero-order chi connectivity index (χ0) is 16.8. The predicted molar refractivity (Wildman–Crippen MR) is 92.6 cm³/mol. The summed E-state index contributed by atoms with van der Waals surface area (Å²) in [6.07, 6.45) is 0. The average Bonchev–Trinajstić information content (AvgIpc) is 2.51. The molecular formula is C16H13Cl3N2O2. The molecule has 2 aromatic carbocycles. The molecule has 0 unspecified atom stereocenters. The molecule has 0 aliphatic rings. The molecule has 0 aliphatic heterocycles. The molecule has 4 nitrogen and oxygen atoms in total. The Kier molecular flexibility index (Phi) is 6.28. The van der Waals surface area contributed by atoms with E-state index in [1.807, 2.05) is 0 Å². The highest BCUT2D eigenvalue weighted by Crippen LogP contribution is 2.20. The molecule has 0 aliphatic carbocycles. The Hall–Kier alpha value is -1.75. The van der Waals surface area contributed by atoms with Gasteiger partial charge in [0.25, 0.3) is 11.8 Å². The second-order valence-corrected chi connectivity index (χ2v) is 5.92. The third kappa shape index (κ3) is 5.13. The van der Waals surface area contributed by atoms with E-state index in [0.29, 0.717) is 27.7 Å². The van der Waals surface area contributed by atoms with Crippen LogP contribution in [0.4, 0.5) is 0 Å². The number of halogens is 3. The molecule has 0 aromatic heterocycles. The van der Waals surface area contributed by atoms with Crippen LogP contribution in [0.2, 0.25) is 15.1 Å². The lowest BCUT2D eigenvalue weighted by atomic mass is 10.2. The Bertz CT molecular complexity index is 718. The van der Waals surface area contributed by atoms with Crippen molar-refractivity contribution in [2.75, 3.05) is 13.1 Å². The van der Waals surface area contributed by atoms with Crippen molar-refractivity contribution in [3.05, 3.63) is 68.7 Å². The van der Waals surface area contributed by atoms with E-state index in [2.05, 4.69) is 10.6 Å².